The molecule has 1 N–H and O–H groups in total. The van der Waals surface area contributed by atoms with E-state index in [9.17, 15) is 8.78 Å². The van der Waals surface area contributed by atoms with E-state index in [4.69, 9.17) is 11.6 Å². The van der Waals surface area contributed by atoms with Gasteiger partial charge in [0, 0.05) is 12.6 Å². The molecule has 0 spiro atoms. The van der Waals surface area contributed by atoms with Gasteiger partial charge in [-0.1, -0.05) is 11.6 Å². The third-order valence-corrected chi connectivity index (χ3v) is 2.84. The monoisotopic (exact) mass is 237 g/mol. The molecule has 0 aliphatic carbocycles. The Hall–Kier alpha value is -0.680. The van der Waals surface area contributed by atoms with Crippen molar-refractivity contribution in [2.75, 3.05) is 7.05 Å². The quantitative estimate of drug-likeness (QED) is 0.865. The molecule has 0 amide bonds. The first-order valence-corrected chi connectivity index (χ1v) is 4.98. The third-order valence-electron chi connectivity index (χ3n) is 2.37. The summed E-state index contributed by atoms with van der Waals surface area (Å²) in [6.45, 7) is 1.76. The first-order chi connectivity index (χ1) is 6.97. The number of hydrogen-bond acceptors (Lipinski definition) is 2. The molecule has 1 aromatic rings. The van der Waals surface area contributed by atoms with Gasteiger partial charge in [-0.25, -0.2) is 8.78 Å². The minimum Gasteiger partial charge on any atom is -0.312 e. The Bertz CT molecular complexity index is 338. The molecule has 0 fully saturated rings. The van der Waals surface area contributed by atoms with Crippen molar-refractivity contribution >= 4 is 11.6 Å². The molecule has 15 heavy (non-hydrogen) atoms. The number of nitrogens with zero attached hydrogens (tertiary/aromatic N) is 2. The van der Waals surface area contributed by atoms with Gasteiger partial charge in [-0.05, 0) is 20.4 Å². The van der Waals surface area contributed by atoms with Gasteiger partial charge in [0.05, 0.1) is 11.7 Å². The van der Waals surface area contributed by atoms with Crippen molar-refractivity contribution in [3.05, 3.63) is 16.4 Å². The predicted octanol–water partition coefficient (Wildman–Crippen LogP) is 1.78. The maximum absolute atomic E-state index is 12.5. The van der Waals surface area contributed by atoms with Gasteiger partial charge in [-0.2, -0.15) is 5.10 Å². The number of aromatic nitrogens is 2. The number of nitrogens with one attached hydrogen (secondary N) is 1. The Labute approximate surface area is 92.4 Å². The minimum absolute atomic E-state index is 0.187. The summed E-state index contributed by atoms with van der Waals surface area (Å²) in [5.74, 6) is 0. The highest BCUT2D eigenvalue weighted by atomic mass is 35.5. The molecule has 0 saturated heterocycles. The summed E-state index contributed by atoms with van der Waals surface area (Å²) in [6, 6.07) is -0.884. The topological polar surface area (TPSA) is 29.9 Å². The first kappa shape index (κ1) is 12.4. The van der Waals surface area contributed by atoms with Crippen molar-refractivity contribution < 1.29 is 8.78 Å². The maximum atomic E-state index is 12.5. The smallest absolute Gasteiger partial charge is 0.254 e. The lowest BCUT2D eigenvalue weighted by atomic mass is 10.1. The van der Waals surface area contributed by atoms with Crippen molar-refractivity contribution in [3.63, 3.8) is 0 Å². The number of halogens is 3. The Morgan fingerprint density at radius 1 is 1.53 bits per heavy atom. The minimum atomic E-state index is -2.41. The molecule has 0 radical (unpaired) electrons. The summed E-state index contributed by atoms with van der Waals surface area (Å²) in [4.78, 5) is 0. The predicted molar refractivity (Wildman–Crippen MR) is 55.5 cm³/mol. The van der Waals surface area contributed by atoms with Gasteiger partial charge < -0.3 is 5.32 Å². The van der Waals surface area contributed by atoms with Crippen molar-refractivity contribution in [1.82, 2.24) is 15.1 Å². The number of likely N-dealkylation sites (N-methyl/N-ethyl adjacent to an activating group) is 1. The van der Waals surface area contributed by atoms with Crippen LogP contribution in [0.25, 0.3) is 0 Å². The van der Waals surface area contributed by atoms with Crippen LogP contribution in [-0.4, -0.2) is 29.3 Å². The number of alkyl halides is 2. The lowest BCUT2D eigenvalue weighted by molar-refractivity contribution is 0.102. The molecule has 0 aliphatic rings. The van der Waals surface area contributed by atoms with Crippen molar-refractivity contribution in [2.24, 2.45) is 7.05 Å². The van der Waals surface area contributed by atoms with Gasteiger partial charge >= 0.3 is 0 Å². The molecule has 0 saturated carbocycles. The molecule has 1 atom stereocenters. The van der Waals surface area contributed by atoms with Crippen LogP contribution in [0.15, 0.2) is 0 Å². The highest BCUT2D eigenvalue weighted by Gasteiger charge is 2.22. The Morgan fingerprint density at radius 3 is 2.47 bits per heavy atom. The molecule has 0 aromatic carbocycles. The summed E-state index contributed by atoms with van der Waals surface area (Å²) in [5.41, 5.74) is 1.38. The van der Waals surface area contributed by atoms with Crippen LogP contribution in [0.2, 0.25) is 5.15 Å². The van der Waals surface area contributed by atoms with Gasteiger partial charge in [-0.3, -0.25) is 4.68 Å². The third kappa shape index (κ3) is 2.66. The maximum Gasteiger partial charge on any atom is 0.254 e. The van der Waals surface area contributed by atoms with E-state index in [1.165, 1.54) is 11.7 Å². The van der Waals surface area contributed by atoms with E-state index in [1.54, 1.807) is 14.0 Å². The Balaban J connectivity index is 2.88. The molecule has 1 unspecified atom stereocenters. The van der Waals surface area contributed by atoms with E-state index in [1.807, 2.05) is 0 Å². The van der Waals surface area contributed by atoms with Crippen LogP contribution < -0.4 is 5.32 Å². The molecule has 3 nitrogen and oxygen atoms in total. The van der Waals surface area contributed by atoms with E-state index in [0.29, 0.717) is 16.4 Å². The second-order valence-electron chi connectivity index (χ2n) is 3.41. The molecule has 86 valence electrons. The van der Waals surface area contributed by atoms with E-state index in [2.05, 4.69) is 10.4 Å². The average Bonchev–Trinajstić information content (AvgIpc) is 2.39. The average molecular weight is 238 g/mol. The zero-order valence-corrected chi connectivity index (χ0v) is 9.65. The molecule has 0 bridgehead atoms. The van der Waals surface area contributed by atoms with Crippen LogP contribution >= 0.6 is 11.6 Å². The Morgan fingerprint density at radius 2 is 2.13 bits per heavy atom. The lowest BCUT2D eigenvalue weighted by Crippen LogP contribution is -2.34. The highest BCUT2D eigenvalue weighted by molar-refractivity contribution is 6.30. The van der Waals surface area contributed by atoms with Crippen LogP contribution in [0.5, 0.6) is 0 Å². The zero-order chi connectivity index (χ0) is 11.6. The molecular formula is C9H14ClF2N3. The standard InChI is InChI=1S/C9H14ClF2N3/c1-5-6(8(10)15(3)14-5)4-7(13-2)9(11)12/h7,9,13H,4H2,1-3H3. The lowest BCUT2D eigenvalue weighted by Gasteiger charge is -2.14. The fourth-order valence-corrected chi connectivity index (χ4v) is 1.69. The fourth-order valence-electron chi connectivity index (χ4n) is 1.44. The SMILES string of the molecule is CNC(Cc1c(C)nn(C)c1Cl)C(F)F. The van der Waals surface area contributed by atoms with Gasteiger partial charge in [-0.15, -0.1) is 0 Å². The van der Waals surface area contributed by atoms with Gasteiger partial charge in [0.2, 0.25) is 0 Å². The van der Waals surface area contributed by atoms with Crippen LogP contribution in [0, 0.1) is 6.92 Å². The number of hydrogen-bond donors (Lipinski definition) is 1. The number of aryl methyl sites for hydroxylation is 2. The van der Waals surface area contributed by atoms with Crippen molar-refractivity contribution in [3.8, 4) is 0 Å². The Kier molecular flexibility index (Phi) is 4.04. The van der Waals surface area contributed by atoms with E-state index < -0.39 is 12.5 Å². The van der Waals surface area contributed by atoms with Crippen molar-refractivity contribution in [1.29, 1.82) is 0 Å². The van der Waals surface area contributed by atoms with Gasteiger partial charge in [0.25, 0.3) is 6.43 Å². The second-order valence-corrected chi connectivity index (χ2v) is 3.77. The summed E-state index contributed by atoms with van der Waals surface area (Å²) in [7, 11) is 3.20. The molecule has 0 aliphatic heterocycles. The number of rotatable bonds is 4. The van der Waals surface area contributed by atoms with Crippen LogP contribution in [0.4, 0.5) is 8.78 Å². The molecule has 6 heteroatoms. The van der Waals surface area contributed by atoms with E-state index >= 15 is 0 Å². The zero-order valence-electron chi connectivity index (χ0n) is 8.89. The van der Waals surface area contributed by atoms with Crippen LogP contribution in [0.1, 0.15) is 11.3 Å². The molecule has 1 rings (SSSR count). The summed E-state index contributed by atoms with van der Waals surface area (Å²) < 4.78 is 26.5. The van der Waals surface area contributed by atoms with E-state index in [-0.39, 0.29) is 6.42 Å². The molecule has 1 aromatic heterocycles. The summed E-state index contributed by atoms with van der Waals surface area (Å²) >= 11 is 5.95. The second kappa shape index (κ2) is 4.90. The first-order valence-electron chi connectivity index (χ1n) is 4.60. The molecular weight excluding hydrogens is 224 g/mol. The van der Waals surface area contributed by atoms with Gasteiger partial charge in [0.1, 0.15) is 5.15 Å². The van der Waals surface area contributed by atoms with Crippen LogP contribution in [0.3, 0.4) is 0 Å². The van der Waals surface area contributed by atoms with Gasteiger partial charge in [0.15, 0.2) is 0 Å². The highest BCUT2D eigenvalue weighted by Crippen LogP contribution is 2.21. The molecule has 1 heterocycles. The van der Waals surface area contributed by atoms with Crippen LogP contribution in [-0.2, 0) is 13.5 Å². The largest absolute Gasteiger partial charge is 0.312 e. The summed E-state index contributed by atoms with van der Waals surface area (Å²) in [5, 5.41) is 7.06. The fraction of sp³-hybridized carbons (Fsp3) is 0.667. The van der Waals surface area contributed by atoms with E-state index in [0.717, 1.165) is 0 Å². The summed E-state index contributed by atoms with van der Waals surface area (Å²) in [6.07, 6.45) is -2.22. The van der Waals surface area contributed by atoms with Crippen molar-refractivity contribution in [2.45, 2.75) is 25.8 Å². The normalized spacial score (nSPS) is 13.5.